The van der Waals surface area contributed by atoms with E-state index in [1.54, 1.807) is 30.3 Å². The first-order valence-electron chi connectivity index (χ1n) is 8.06. The van der Waals surface area contributed by atoms with Gasteiger partial charge >= 0.3 is 5.97 Å². The highest BCUT2D eigenvalue weighted by Crippen LogP contribution is 2.32. The monoisotopic (exact) mass is 357 g/mol. The van der Waals surface area contributed by atoms with E-state index in [0.29, 0.717) is 35.8 Å². The van der Waals surface area contributed by atoms with Gasteiger partial charge in [-0.05, 0) is 37.1 Å². The van der Waals surface area contributed by atoms with Crippen LogP contribution in [0.2, 0.25) is 0 Å². The summed E-state index contributed by atoms with van der Waals surface area (Å²) < 4.78 is 11.4. The van der Waals surface area contributed by atoms with Gasteiger partial charge in [0.25, 0.3) is 5.91 Å². The van der Waals surface area contributed by atoms with E-state index >= 15 is 0 Å². The van der Waals surface area contributed by atoms with Crippen molar-refractivity contribution in [2.45, 2.75) is 19.3 Å². The number of carboxylic acids is 1. The van der Waals surface area contributed by atoms with Crippen molar-refractivity contribution in [1.82, 2.24) is 0 Å². The first-order chi connectivity index (χ1) is 12.6. The number of nitrogens with one attached hydrogen (secondary N) is 1. The highest BCUT2D eigenvalue weighted by Gasteiger charge is 2.10. The Kier molecular flexibility index (Phi) is 7.17. The van der Waals surface area contributed by atoms with Crippen molar-refractivity contribution in [2.24, 2.45) is 0 Å². The van der Waals surface area contributed by atoms with Crippen LogP contribution >= 0.6 is 0 Å². The van der Waals surface area contributed by atoms with Gasteiger partial charge in [0, 0.05) is 12.5 Å². The van der Waals surface area contributed by atoms with E-state index in [-0.39, 0.29) is 19.3 Å². The van der Waals surface area contributed by atoms with Crippen LogP contribution in [0, 0.1) is 0 Å². The fourth-order valence-electron chi connectivity index (χ4n) is 2.14. The predicted molar refractivity (Wildman–Crippen MR) is 94.6 cm³/mol. The standard InChI is InChI=1S/C19H19NO6/c21-13-18(22)20-16-10-9-15(26-14-6-2-1-3-7-14)12-17(16)25-11-5-4-8-19(23)24/h1-3,6-7,9-10,12-13H,4-5,8,11H2,(H,20,22)(H,23,24). The van der Waals surface area contributed by atoms with E-state index in [9.17, 15) is 14.4 Å². The van der Waals surface area contributed by atoms with Crippen molar-refractivity contribution in [3.63, 3.8) is 0 Å². The number of ether oxygens (including phenoxy) is 2. The summed E-state index contributed by atoms with van der Waals surface area (Å²) in [6.07, 6.45) is 1.25. The minimum atomic E-state index is -0.859. The van der Waals surface area contributed by atoms with Crippen LogP contribution in [0.25, 0.3) is 0 Å². The zero-order valence-corrected chi connectivity index (χ0v) is 14.0. The van der Waals surface area contributed by atoms with Gasteiger partial charge in [-0.1, -0.05) is 18.2 Å². The quantitative estimate of drug-likeness (QED) is 0.384. The van der Waals surface area contributed by atoms with Gasteiger partial charge in [0.1, 0.15) is 17.2 Å². The molecule has 0 spiro atoms. The molecule has 0 heterocycles. The maximum Gasteiger partial charge on any atom is 0.303 e. The molecule has 26 heavy (non-hydrogen) atoms. The Balaban J connectivity index is 2.08. The maximum absolute atomic E-state index is 11.3. The number of unbranched alkanes of at least 4 members (excludes halogenated alkanes) is 1. The molecule has 2 N–H and O–H groups in total. The summed E-state index contributed by atoms with van der Waals surface area (Å²) in [5.41, 5.74) is 0.334. The minimum Gasteiger partial charge on any atom is -0.491 e. The number of carbonyl (C=O) groups is 3. The van der Waals surface area contributed by atoms with E-state index in [2.05, 4.69) is 5.32 Å². The summed E-state index contributed by atoms with van der Waals surface area (Å²) in [7, 11) is 0. The highest BCUT2D eigenvalue weighted by atomic mass is 16.5. The van der Waals surface area contributed by atoms with Crippen molar-refractivity contribution >= 4 is 23.9 Å². The second-order valence-electron chi connectivity index (χ2n) is 5.38. The van der Waals surface area contributed by atoms with Crippen LogP contribution in [0.3, 0.4) is 0 Å². The highest BCUT2D eigenvalue weighted by molar-refractivity contribution is 6.29. The Morgan fingerprint density at radius 3 is 2.50 bits per heavy atom. The fourth-order valence-corrected chi connectivity index (χ4v) is 2.14. The summed E-state index contributed by atoms with van der Waals surface area (Å²) in [6.45, 7) is 0.270. The molecular weight excluding hydrogens is 338 g/mol. The minimum absolute atomic E-state index is 0.0647. The molecule has 0 atom stereocenters. The van der Waals surface area contributed by atoms with Gasteiger partial charge in [-0.15, -0.1) is 0 Å². The van der Waals surface area contributed by atoms with Crippen molar-refractivity contribution in [3.05, 3.63) is 48.5 Å². The molecule has 0 aliphatic rings. The van der Waals surface area contributed by atoms with Gasteiger partial charge in [-0.3, -0.25) is 14.4 Å². The number of para-hydroxylation sites is 1. The number of benzene rings is 2. The van der Waals surface area contributed by atoms with E-state index in [0.717, 1.165) is 0 Å². The van der Waals surface area contributed by atoms with Crippen molar-refractivity contribution in [1.29, 1.82) is 0 Å². The third-order valence-electron chi connectivity index (χ3n) is 3.34. The summed E-state index contributed by atoms with van der Waals surface area (Å²) in [6, 6.07) is 14.0. The molecular formula is C19H19NO6. The van der Waals surface area contributed by atoms with Crippen LogP contribution < -0.4 is 14.8 Å². The van der Waals surface area contributed by atoms with Gasteiger partial charge in [0.2, 0.25) is 6.29 Å². The summed E-state index contributed by atoms with van der Waals surface area (Å²) in [5, 5.41) is 11.1. The Bertz CT molecular complexity index is 760. The molecule has 0 bridgehead atoms. The Morgan fingerprint density at radius 1 is 1.04 bits per heavy atom. The van der Waals surface area contributed by atoms with Gasteiger partial charge in [0.15, 0.2) is 0 Å². The number of aliphatic carboxylic acids is 1. The summed E-state index contributed by atoms with van der Waals surface area (Å²) in [5.74, 6) is -0.172. The van der Waals surface area contributed by atoms with E-state index in [1.807, 2.05) is 18.2 Å². The molecule has 2 aromatic rings. The van der Waals surface area contributed by atoms with Crippen molar-refractivity contribution in [3.8, 4) is 17.2 Å². The average Bonchev–Trinajstić information content (AvgIpc) is 2.63. The van der Waals surface area contributed by atoms with E-state index in [1.165, 1.54) is 0 Å². The molecule has 0 saturated heterocycles. The molecule has 7 nitrogen and oxygen atoms in total. The van der Waals surface area contributed by atoms with Crippen LogP contribution in [-0.4, -0.2) is 29.9 Å². The number of rotatable bonds is 10. The molecule has 1 amide bonds. The molecule has 136 valence electrons. The number of hydrogen-bond acceptors (Lipinski definition) is 5. The number of amides is 1. The van der Waals surface area contributed by atoms with Crippen LogP contribution in [-0.2, 0) is 14.4 Å². The lowest BCUT2D eigenvalue weighted by atomic mass is 10.2. The summed E-state index contributed by atoms with van der Waals surface area (Å²) >= 11 is 0. The van der Waals surface area contributed by atoms with Gasteiger partial charge in [-0.2, -0.15) is 0 Å². The second kappa shape index (κ2) is 9.83. The van der Waals surface area contributed by atoms with Crippen LogP contribution in [0.1, 0.15) is 19.3 Å². The third kappa shape index (κ3) is 6.27. The second-order valence-corrected chi connectivity index (χ2v) is 5.38. The Hall–Kier alpha value is -3.35. The predicted octanol–water partition coefficient (Wildman–Crippen LogP) is 3.25. The zero-order valence-electron chi connectivity index (χ0n) is 14.0. The molecule has 0 fully saturated rings. The SMILES string of the molecule is O=CC(=O)Nc1ccc(Oc2ccccc2)cc1OCCCCC(=O)O. The molecule has 2 aromatic carbocycles. The first-order valence-corrected chi connectivity index (χ1v) is 8.06. The largest absolute Gasteiger partial charge is 0.491 e. The lowest BCUT2D eigenvalue weighted by Gasteiger charge is -2.14. The number of aldehydes is 1. The molecule has 7 heteroatoms. The van der Waals surface area contributed by atoms with Crippen LogP contribution in [0.5, 0.6) is 17.2 Å². The molecule has 0 aliphatic heterocycles. The lowest BCUT2D eigenvalue weighted by molar-refractivity contribution is -0.137. The van der Waals surface area contributed by atoms with Crippen molar-refractivity contribution in [2.75, 3.05) is 11.9 Å². The maximum atomic E-state index is 11.3. The van der Waals surface area contributed by atoms with Gasteiger partial charge in [-0.25, -0.2) is 0 Å². The van der Waals surface area contributed by atoms with E-state index < -0.39 is 11.9 Å². The molecule has 2 rings (SSSR count). The molecule has 0 aliphatic carbocycles. The molecule has 0 unspecified atom stereocenters. The van der Waals surface area contributed by atoms with Gasteiger partial charge in [0.05, 0.1) is 12.3 Å². The zero-order chi connectivity index (χ0) is 18.8. The third-order valence-corrected chi connectivity index (χ3v) is 3.34. The number of carbonyl (C=O) groups excluding carboxylic acids is 2. The topological polar surface area (TPSA) is 102 Å². The fraction of sp³-hybridized carbons (Fsp3) is 0.211. The Morgan fingerprint density at radius 2 is 1.81 bits per heavy atom. The average molecular weight is 357 g/mol. The van der Waals surface area contributed by atoms with Crippen LogP contribution in [0.4, 0.5) is 5.69 Å². The Labute approximate surface area is 150 Å². The molecule has 0 saturated carbocycles. The smallest absolute Gasteiger partial charge is 0.303 e. The van der Waals surface area contributed by atoms with E-state index in [4.69, 9.17) is 14.6 Å². The normalized spacial score (nSPS) is 10.0. The first kappa shape index (κ1) is 19.0. The van der Waals surface area contributed by atoms with Gasteiger partial charge < -0.3 is 19.9 Å². The van der Waals surface area contributed by atoms with Crippen molar-refractivity contribution < 1.29 is 29.0 Å². The number of anilines is 1. The molecule has 0 aromatic heterocycles. The number of hydrogen-bond donors (Lipinski definition) is 2. The molecule has 0 radical (unpaired) electrons. The number of carboxylic acid groups (broad SMARTS) is 1. The summed E-state index contributed by atoms with van der Waals surface area (Å²) in [4.78, 5) is 32.4. The lowest BCUT2D eigenvalue weighted by Crippen LogP contribution is -2.13. The van der Waals surface area contributed by atoms with Crippen LogP contribution in [0.15, 0.2) is 48.5 Å².